The van der Waals surface area contributed by atoms with Gasteiger partial charge < -0.3 is 9.84 Å². The van der Waals surface area contributed by atoms with E-state index < -0.39 is 5.97 Å². The molecule has 23 heavy (non-hydrogen) atoms. The number of aromatic nitrogens is 2. The van der Waals surface area contributed by atoms with E-state index in [9.17, 15) is 4.79 Å². The van der Waals surface area contributed by atoms with Gasteiger partial charge in [0.05, 0.1) is 5.56 Å². The van der Waals surface area contributed by atoms with E-state index >= 15 is 0 Å². The quantitative estimate of drug-likeness (QED) is 0.790. The van der Waals surface area contributed by atoms with Gasteiger partial charge in [-0.25, -0.2) is 9.78 Å². The summed E-state index contributed by atoms with van der Waals surface area (Å²) < 4.78 is 5.65. The predicted octanol–water partition coefficient (Wildman–Crippen LogP) is 3.94. The summed E-state index contributed by atoms with van der Waals surface area (Å²) in [6.45, 7) is 2.02. The summed E-state index contributed by atoms with van der Waals surface area (Å²) in [5.74, 6) is 0.520. The molecule has 3 aromatic rings. The second kappa shape index (κ2) is 6.27. The van der Waals surface area contributed by atoms with Gasteiger partial charge in [-0.15, -0.1) is 0 Å². The molecule has 0 unspecified atom stereocenters. The van der Waals surface area contributed by atoms with E-state index in [0.717, 1.165) is 5.56 Å². The van der Waals surface area contributed by atoms with Gasteiger partial charge in [0.2, 0.25) is 5.88 Å². The smallest absolute Gasteiger partial charge is 0.335 e. The highest BCUT2D eigenvalue weighted by atomic mass is 16.5. The summed E-state index contributed by atoms with van der Waals surface area (Å²) in [4.78, 5) is 19.5. The molecule has 0 saturated carbocycles. The van der Waals surface area contributed by atoms with Crippen LogP contribution in [0.1, 0.15) is 15.9 Å². The molecule has 0 amide bonds. The van der Waals surface area contributed by atoms with Crippen molar-refractivity contribution in [2.75, 3.05) is 0 Å². The van der Waals surface area contributed by atoms with Crippen LogP contribution in [-0.2, 0) is 0 Å². The first kappa shape index (κ1) is 14.7. The van der Waals surface area contributed by atoms with Gasteiger partial charge in [0.15, 0.2) is 5.82 Å². The lowest BCUT2D eigenvalue weighted by atomic mass is 10.1. The second-order valence-corrected chi connectivity index (χ2v) is 5.02. The predicted molar refractivity (Wildman–Crippen MR) is 85.7 cm³/mol. The van der Waals surface area contributed by atoms with Crippen LogP contribution in [0.4, 0.5) is 0 Å². The number of carboxylic acids is 1. The normalized spacial score (nSPS) is 10.3. The molecule has 1 aromatic heterocycles. The maximum absolute atomic E-state index is 10.8. The molecule has 0 radical (unpaired) electrons. The van der Waals surface area contributed by atoms with Crippen molar-refractivity contribution in [2.45, 2.75) is 6.92 Å². The fraction of sp³-hybridized carbons (Fsp3) is 0.0556. The Morgan fingerprint density at radius 3 is 2.35 bits per heavy atom. The lowest BCUT2D eigenvalue weighted by Gasteiger charge is -2.06. The summed E-state index contributed by atoms with van der Waals surface area (Å²) in [5, 5.41) is 8.89. The minimum absolute atomic E-state index is 0.209. The third kappa shape index (κ3) is 3.52. The number of benzene rings is 2. The molecule has 5 nitrogen and oxygen atoms in total. The highest BCUT2D eigenvalue weighted by Crippen LogP contribution is 2.22. The zero-order valence-corrected chi connectivity index (χ0v) is 12.4. The monoisotopic (exact) mass is 306 g/mol. The highest BCUT2D eigenvalue weighted by Gasteiger charge is 2.06. The summed E-state index contributed by atoms with van der Waals surface area (Å²) in [5.41, 5.74) is 2.28. The SMILES string of the molecule is Cc1ccc(-c2nccc(Oc3ccc(C(=O)O)cc3)n2)cc1. The third-order valence-electron chi connectivity index (χ3n) is 3.26. The number of hydrogen-bond donors (Lipinski definition) is 1. The van der Waals surface area contributed by atoms with Crippen molar-refractivity contribution in [3.8, 4) is 23.0 Å². The first-order valence-electron chi connectivity index (χ1n) is 7.03. The number of hydrogen-bond acceptors (Lipinski definition) is 4. The third-order valence-corrected chi connectivity index (χ3v) is 3.26. The summed E-state index contributed by atoms with van der Waals surface area (Å²) in [6, 6.07) is 15.7. The van der Waals surface area contributed by atoms with E-state index in [1.54, 1.807) is 24.4 Å². The second-order valence-electron chi connectivity index (χ2n) is 5.02. The molecular weight excluding hydrogens is 292 g/mol. The van der Waals surface area contributed by atoms with Crippen molar-refractivity contribution in [2.24, 2.45) is 0 Å². The van der Waals surface area contributed by atoms with Crippen molar-refractivity contribution >= 4 is 5.97 Å². The van der Waals surface area contributed by atoms with Crippen LogP contribution >= 0.6 is 0 Å². The van der Waals surface area contributed by atoms with Crippen molar-refractivity contribution in [1.29, 1.82) is 0 Å². The van der Waals surface area contributed by atoms with E-state index in [-0.39, 0.29) is 5.56 Å². The number of carbonyl (C=O) groups is 1. The summed E-state index contributed by atoms with van der Waals surface area (Å²) >= 11 is 0. The Morgan fingerprint density at radius 1 is 1.00 bits per heavy atom. The van der Waals surface area contributed by atoms with Crippen LogP contribution in [0.3, 0.4) is 0 Å². The van der Waals surface area contributed by atoms with Gasteiger partial charge in [-0.05, 0) is 31.2 Å². The number of aryl methyl sites for hydroxylation is 1. The molecule has 0 atom stereocenters. The van der Waals surface area contributed by atoms with E-state index in [2.05, 4.69) is 9.97 Å². The van der Waals surface area contributed by atoms with Crippen LogP contribution in [0.5, 0.6) is 11.6 Å². The zero-order chi connectivity index (χ0) is 16.2. The number of rotatable bonds is 4. The van der Waals surface area contributed by atoms with Crippen LogP contribution in [0.15, 0.2) is 60.8 Å². The summed E-state index contributed by atoms with van der Waals surface area (Å²) in [6.07, 6.45) is 1.63. The maximum Gasteiger partial charge on any atom is 0.335 e. The molecule has 1 N–H and O–H groups in total. The van der Waals surface area contributed by atoms with Crippen molar-refractivity contribution in [1.82, 2.24) is 9.97 Å². The Morgan fingerprint density at radius 2 is 1.70 bits per heavy atom. The number of ether oxygens (including phenoxy) is 1. The van der Waals surface area contributed by atoms with Crippen LogP contribution in [0, 0.1) is 6.92 Å². The molecule has 5 heteroatoms. The molecule has 0 saturated heterocycles. The fourth-order valence-corrected chi connectivity index (χ4v) is 2.03. The minimum atomic E-state index is -0.972. The van der Waals surface area contributed by atoms with Crippen LogP contribution in [0.2, 0.25) is 0 Å². The lowest BCUT2D eigenvalue weighted by molar-refractivity contribution is 0.0697. The fourth-order valence-electron chi connectivity index (χ4n) is 2.03. The van der Waals surface area contributed by atoms with Crippen LogP contribution in [-0.4, -0.2) is 21.0 Å². The Balaban J connectivity index is 1.82. The summed E-state index contributed by atoms with van der Waals surface area (Å²) in [7, 11) is 0. The molecule has 1 heterocycles. The number of aromatic carboxylic acids is 1. The molecule has 0 spiro atoms. The Bertz CT molecular complexity index is 828. The molecule has 3 rings (SSSR count). The first-order chi connectivity index (χ1) is 11.1. The van der Waals surface area contributed by atoms with Crippen molar-refractivity contribution < 1.29 is 14.6 Å². The molecular formula is C18H14N2O3. The minimum Gasteiger partial charge on any atom is -0.478 e. The topological polar surface area (TPSA) is 72.3 Å². The average molecular weight is 306 g/mol. The van der Waals surface area contributed by atoms with Gasteiger partial charge in [0.1, 0.15) is 5.75 Å². The maximum atomic E-state index is 10.8. The molecule has 0 aliphatic carbocycles. The van der Waals surface area contributed by atoms with Gasteiger partial charge >= 0.3 is 5.97 Å². The standard InChI is InChI=1S/C18H14N2O3/c1-12-2-4-13(5-3-12)17-19-11-10-16(20-17)23-15-8-6-14(7-9-15)18(21)22/h2-11H,1H3,(H,21,22). The molecule has 2 aromatic carbocycles. The molecule has 0 aliphatic rings. The van der Waals surface area contributed by atoms with Gasteiger partial charge in [-0.2, -0.15) is 4.98 Å². The average Bonchev–Trinajstić information content (AvgIpc) is 2.56. The van der Waals surface area contributed by atoms with E-state index in [1.165, 1.54) is 17.7 Å². The van der Waals surface area contributed by atoms with Crippen LogP contribution < -0.4 is 4.74 Å². The Kier molecular flexibility index (Phi) is 4.01. The van der Waals surface area contributed by atoms with Crippen molar-refractivity contribution in [3.63, 3.8) is 0 Å². The van der Waals surface area contributed by atoms with Crippen LogP contribution in [0.25, 0.3) is 11.4 Å². The highest BCUT2D eigenvalue weighted by molar-refractivity contribution is 5.87. The number of nitrogens with zero attached hydrogens (tertiary/aromatic N) is 2. The lowest BCUT2D eigenvalue weighted by Crippen LogP contribution is -1.96. The largest absolute Gasteiger partial charge is 0.478 e. The Hall–Kier alpha value is -3.21. The van der Waals surface area contributed by atoms with E-state index in [1.807, 2.05) is 31.2 Å². The first-order valence-corrected chi connectivity index (χ1v) is 7.03. The molecule has 0 aliphatic heterocycles. The van der Waals surface area contributed by atoms with Crippen molar-refractivity contribution in [3.05, 3.63) is 71.9 Å². The molecule has 0 bridgehead atoms. The zero-order valence-electron chi connectivity index (χ0n) is 12.4. The molecule has 0 fully saturated rings. The van der Waals surface area contributed by atoms with Gasteiger partial charge in [0.25, 0.3) is 0 Å². The van der Waals surface area contributed by atoms with E-state index in [4.69, 9.17) is 9.84 Å². The molecule has 114 valence electrons. The number of carboxylic acid groups (broad SMARTS) is 1. The van der Waals surface area contributed by atoms with Gasteiger partial charge in [0, 0.05) is 17.8 Å². The van der Waals surface area contributed by atoms with E-state index in [0.29, 0.717) is 17.5 Å². The Labute approximate surface area is 133 Å². The van der Waals surface area contributed by atoms with Gasteiger partial charge in [-0.3, -0.25) is 0 Å². The van der Waals surface area contributed by atoms with Gasteiger partial charge in [-0.1, -0.05) is 29.8 Å².